The number of esters is 1. The van der Waals surface area contributed by atoms with Crippen LogP contribution in [0.15, 0.2) is 35.9 Å². The molecule has 1 aromatic rings. The van der Waals surface area contributed by atoms with E-state index in [-0.39, 0.29) is 5.56 Å². The third-order valence-corrected chi connectivity index (χ3v) is 4.00. The summed E-state index contributed by atoms with van der Waals surface area (Å²) in [6, 6.07) is 5.60. The molecule has 1 aliphatic carbocycles. The number of halogens is 1. The summed E-state index contributed by atoms with van der Waals surface area (Å²) < 4.78 is 4.85. The van der Waals surface area contributed by atoms with E-state index in [1.807, 2.05) is 0 Å². The van der Waals surface area contributed by atoms with E-state index in [4.69, 9.17) is 16.3 Å². The number of hydrogen-bond donors (Lipinski definition) is 2. The van der Waals surface area contributed by atoms with Crippen LogP contribution >= 0.6 is 11.6 Å². The summed E-state index contributed by atoms with van der Waals surface area (Å²) in [6.07, 6.45) is 7.57. The van der Waals surface area contributed by atoms with E-state index < -0.39 is 24.5 Å². The van der Waals surface area contributed by atoms with Crippen molar-refractivity contribution >= 4 is 29.5 Å². The van der Waals surface area contributed by atoms with Gasteiger partial charge in [0.25, 0.3) is 5.91 Å². The number of nitrogens with one attached hydrogen (secondary N) is 2. The molecule has 6 nitrogen and oxygen atoms in total. The fourth-order valence-corrected chi connectivity index (χ4v) is 2.70. The van der Waals surface area contributed by atoms with Crippen molar-refractivity contribution in [3.8, 4) is 0 Å². The third kappa shape index (κ3) is 6.97. The van der Waals surface area contributed by atoms with Crippen LogP contribution in [-0.2, 0) is 9.53 Å². The lowest BCUT2D eigenvalue weighted by atomic mass is 9.97. The van der Waals surface area contributed by atoms with Crippen LogP contribution in [0, 0.1) is 0 Å². The molecular formula is C18H21ClN2O4. The molecule has 7 heteroatoms. The summed E-state index contributed by atoms with van der Waals surface area (Å²) in [5.74, 6) is -1.37. The summed E-state index contributed by atoms with van der Waals surface area (Å²) in [4.78, 5) is 35.0. The standard InChI is InChI=1S/C18H21ClN2O4/c19-15-8-4-7-14(11-15)17(23)25-12-16(22)21-18(24)20-10-9-13-5-2-1-3-6-13/h4-5,7-8,11H,1-3,6,9-10,12H2,(H2,20,21,22,24). The highest BCUT2D eigenvalue weighted by atomic mass is 35.5. The molecule has 2 rings (SSSR count). The first kappa shape index (κ1) is 19.0. The largest absolute Gasteiger partial charge is 0.452 e. The van der Waals surface area contributed by atoms with Crippen molar-refractivity contribution in [1.82, 2.24) is 10.6 Å². The van der Waals surface area contributed by atoms with Crippen molar-refractivity contribution in [1.29, 1.82) is 0 Å². The lowest BCUT2D eigenvalue weighted by Crippen LogP contribution is -2.41. The van der Waals surface area contributed by atoms with Crippen LogP contribution in [0.1, 0.15) is 42.5 Å². The Balaban J connectivity index is 1.64. The van der Waals surface area contributed by atoms with Crippen molar-refractivity contribution in [2.45, 2.75) is 32.1 Å². The number of imide groups is 1. The van der Waals surface area contributed by atoms with E-state index in [0.29, 0.717) is 11.6 Å². The molecule has 0 saturated heterocycles. The first-order valence-electron chi connectivity index (χ1n) is 8.23. The maximum absolute atomic E-state index is 11.8. The van der Waals surface area contributed by atoms with Crippen molar-refractivity contribution < 1.29 is 19.1 Å². The zero-order valence-corrected chi connectivity index (χ0v) is 14.6. The maximum atomic E-state index is 11.8. The van der Waals surface area contributed by atoms with E-state index in [1.165, 1.54) is 30.5 Å². The molecule has 0 saturated carbocycles. The van der Waals surface area contributed by atoms with Crippen LogP contribution in [0.25, 0.3) is 0 Å². The monoisotopic (exact) mass is 364 g/mol. The first-order valence-corrected chi connectivity index (χ1v) is 8.60. The molecule has 0 atom stereocenters. The van der Waals surface area contributed by atoms with Gasteiger partial charge >= 0.3 is 12.0 Å². The van der Waals surface area contributed by atoms with Crippen molar-refractivity contribution in [3.63, 3.8) is 0 Å². The number of hydrogen-bond acceptors (Lipinski definition) is 4. The Labute approximate surface area is 151 Å². The minimum Gasteiger partial charge on any atom is -0.452 e. The Morgan fingerprint density at radius 2 is 2.04 bits per heavy atom. The normalized spacial score (nSPS) is 13.6. The van der Waals surface area contributed by atoms with E-state index in [2.05, 4.69) is 16.7 Å². The Morgan fingerprint density at radius 1 is 1.20 bits per heavy atom. The van der Waals surface area contributed by atoms with Gasteiger partial charge in [-0.15, -0.1) is 0 Å². The number of allylic oxidation sites excluding steroid dienone is 1. The van der Waals surface area contributed by atoms with Crippen LogP contribution in [0.2, 0.25) is 5.02 Å². The smallest absolute Gasteiger partial charge is 0.338 e. The molecule has 3 amide bonds. The summed E-state index contributed by atoms with van der Waals surface area (Å²) in [5.41, 5.74) is 1.58. The van der Waals surface area contributed by atoms with Crippen LogP contribution in [-0.4, -0.2) is 31.1 Å². The minimum atomic E-state index is -0.690. The predicted octanol–water partition coefficient (Wildman–Crippen LogP) is 3.21. The SMILES string of the molecule is O=C(COC(=O)c1cccc(Cl)c1)NC(=O)NCCC1=CCCCC1. The van der Waals surface area contributed by atoms with Crippen molar-refractivity contribution in [3.05, 3.63) is 46.5 Å². The lowest BCUT2D eigenvalue weighted by molar-refractivity contribution is -0.123. The predicted molar refractivity (Wildman–Crippen MR) is 94.4 cm³/mol. The molecule has 0 fully saturated rings. The number of carbonyl (C=O) groups is 3. The molecule has 1 aliphatic rings. The van der Waals surface area contributed by atoms with E-state index >= 15 is 0 Å². The first-order chi connectivity index (χ1) is 12.0. The quantitative estimate of drug-likeness (QED) is 0.599. The molecule has 2 N–H and O–H groups in total. The van der Waals surface area contributed by atoms with Gasteiger partial charge in [0.2, 0.25) is 0 Å². The van der Waals surface area contributed by atoms with E-state index in [0.717, 1.165) is 19.3 Å². The van der Waals surface area contributed by atoms with Crippen molar-refractivity contribution in [2.75, 3.05) is 13.2 Å². The average molecular weight is 365 g/mol. The Morgan fingerprint density at radius 3 is 2.76 bits per heavy atom. The van der Waals surface area contributed by atoms with Crippen LogP contribution in [0.4, 0.5) is 4.79 Å². The van der Waals surface area contributed by atoms with Gasteiger partial charge in [0, 0.05) is 11.6 Å². The minimum absolute atomic E-state index is 0.241. The number of urea groups is 1. The molecule has 0 radical (unpaired) electrons. The zero-order valence-electron chi connectivity index (χ0n) is 13.8. The van der Waals surface area contributed by atoms with Crippen LogP contribution in [0.5, 0.6) is 0 Å². The lowest BCUT2D eigenvalue weighted by Gasteiger charge is -2.13. The Bertz CT molecular complexity index is 673. The molecular weight excluding hydrogens is 344 g/mol. The molecule has 0 unspecified atom stereocenters. The summed E-state index contributed by atoms with van der Waals surface area (Å²) in [7, 11) is 0. The molecule has 1 aromatic carbocycles. The number of benzene rings is 1. The van der Waals surface area contributed by atoms with Gasteiger partial charge in [0.1, 0.15) is 0 Å². The van der Waals surface area contributed by atoms with Gasteiger partial charge in [0.05, 0.1) is 5.56 Å². The molecule has 0 heterocycles. The molecule has 134 valence electrons. The fourth-order valence-electron chi connectivity index (χ4n) is 2.51. The average Bonchev–Trinajstić information content (AvgIpc) is 2.60. The highest BCUT2D eigenvalue weighted by Crippen LogP contribution is 2.19. The van der Waals surface area contributed by atoms with Crippen LogP contribution in [0.3, 0.4) is 0 Å². The molecule has 0 bridgehead atoms. The highest BCUT2D eigenvalue weighted by molar-refractivity contribution is 6.30. The van der Waals surface area contributed by atoms with Gasteiger partial charge in [-0.05, 0) is 50.3 Å². The van der Waals surface area contributed by atoms with Gasteiger partial charge in [-0.3, -0.25) is 10.1 Å². The Hall–Kier alpha value is -2.34. The highest BCUT2D eigenvalue weighted by Gasteiger charge is 2.13. The Kier molecular flexibility index (Phi) is 7.47. The van der Waals surface area contributed by atoms with Crippen molar-refractivity contribution in [2.24, 2.45) is 0 Å². The maximum Gasteiger partial charge on any atom is 0.338 e. The number of ether oxygens (including phenoxy) is 1. The molecule has 0 spiro atoms. The second-order valence-corrected chi connectivity index (χ2v) is 6.19. The molecule has 0 aromatic heterocycles. The number of rotatable bonds is 6. The van der Waals surface area contributed by atoms with Gasteiger partial charge in [-0.1, -0.05) is 29.3 Å². The van der Waals surface area contributed by atoms with Crippen LogP contribution < -0.4 is 10.6 Å². The second kappa shape index (κ2) is 9.84. The summed E-state index contributed by atoms with van der Waals surface area (Å²) >= 11 is 5.78. The van der Waals surface area contributed by atoms with Gasteiger partial charge in [-0.25, -0.2) is 9.59 Å². The van der Waals surface area contributed by atoms with Gasteiger partial charge in [0.15, 0.2) is 6.61 Å². The fraction of sp³-hybridized carbons (Fsp3) is 0.389. The summed E-state index contributed by atoms with van der Waals surface area (Å²) in [5, 5.41) is 5.14. The summed E-state index contributed by atoms with van der Waals surface area (Å²) in [6.45, 7) is -0.0723. The molecule has 25 heavy (non-hydrogen) atoms. The number of carbonyl (C=O) groups excluding carboxylic acids is 3. The van der Waals surface area contributed by atoms with E-state index in [9.17, 15) is 14.4 Å². The topological polar surface area (TPSA) is 84.5 Å². The van der Waals surface area contributed by atoms with Gasteiger partial charge < -0.3 is 10.1 Å². The second-order valence-electron chi connectivity index (χ2n) is 5.75. The zero-order chi connectivity index (χ0) is 18.1. The van der Waals surface area contributed by atoms with E-state index in [1.54, 1.807) is 12.1 Å². The third-order valence-electron chi connectivity index (χ3n) is 3.76. The number of amides is 3. The van der Waals surface area contributed by atoms with Gasteiger partial charge in [-0.2, -0.15) is 0 Å². The molecule has 0 aliphatic heterocycles.